The van der Waals surface area contributed by atoms with Crippen LogP contribution in [-0.2, 0) is 25.0 Å². The van der Waals surface area contributed by atoms with Gasteiger partial charge in [-0.1, -0.05) is 12.1 Å². The Morgan fingerprint density at radius 2 is 1.55 bits per heavy atom. The number of aliphatic carboxylic acids is 1. The zero-order valence-electron chi connectivity index (χ0n) is 21.8. The van der Waals surface area contributed by atoms with Crippen LogP contribution in [-0.4, -0.2) is 63.6 Å². The Kier molecular flexibility index (Phi) is 8.34. The molecule has 0 atom stereocenters. The number of nitrogens with zero attached hydrogens (tertiary/aromatic N) is 5. The van der Waals surface area contributed by atoms with Gasteiger partial charge in [-0.05, 0) is 55.1 Å². The summed E-state index contributed by atoms with van der Waals surface area (Å²) in [7, 11) is -9.34. The second-order valence-electron chi connectivity index (χ2n) is 8.85. The number of aromatic hydroxyl groups is 1. The molecule has 0 unspecified atom stereocenters. The molecule has 0 amide bonds. The van der Waals surface area contributed by atoms with E-state index in [9.17, 15) is 35.8 Å². The number of phenolic OH excluding ortho intramolecular Hbond substituents is 1. The Balaban J connectivity index is 1.82. The lowest BCUT2D eigenvalue weighted by Crippen LogP contribution is -2.12. The molecule has 18 heteroatoms. The van der Waals surface area contributed by atoms with Crippen LogP contribution >= 0.6 is 0 Å². The van der Waals surface area contributed by atoms with E-state index in [1.165, 1.54) is 31.2 Å². The molecule has 3 aromatic carbocycles. The monoisotopic (exact) mass is 617 g/mol. The molecule has 0 radical (unpaired) electrons. The Hall–Kier alpha value is -4.78. The number of fused-ring (bicyclic) bond motifs is 1. The van der Waals surface area contributed by atoms with Crippen molar-refractivity contribution in [3.05, 3.63) is 53.9 Å². The number of hydrogen-bond acceptors (Lipinski definition) is 13. The number of benzene rings is 3. The van der Waals surface area contributed by atoms with E-state index < -0.39 is 41.7 Å². The van der Waals surface area contributed by atoms with Gasteiger partial charge in [-0.2, -0.15) is 31.8 Å². The summed E-state index contributed by atoms with van der Waals surface area (Å²) in [6.45, 7) is 3.15. The second kappa shape index (κ2) is 11.6. The Bertz CT molecular complexity index is 1970. The van der Waals surface area contributed by atoms with Crippen LogP contribution < -0.4 is 10.6 Å². The maximum atomic E-state index is 12.0. The third kappa shape index (κ3) is 7.10. The van der Waals surface area contributed by atoms with Crippen LogP contribution in [0.4, 0.5) is 29.0 Å². The molecule has 4 aromatic rings. The number of hydrogen-bond donors (Lipinski definition) is 6. The average molecular weight is 618 g/mol. The van der Waals surface area contributed by atoms with Crippen LogP contribution in [0, 0.1) is 13.8 Å². The molecule has 0 aliphatic carbocycles. The van der Waals surface area contributed by atoms with Crippen molar-refractivity contribution in [2.24, 2.45) is 10.2 Å². The van der Waals surface area contributed by atoms with Crippen molar-refractivity contribution in [3.63, 3.8) is 0 Å². The van der Waals surface area contributed by atoms with Crippen molar-refractivity contribution >= 4 is 65.9 Å². The highest BCUT2D eigenvalue weighted by Gasteiger charge is 2.20. The summed E-state index contributed by atoms with van der Waals surface area (Å²) in [5, 5.41) is 33.4. The quantitative estimate of drug-likeness (QED) is 0.109. The molecule has 0 saturated carbocycles. The molecule has 220 valence electrons. The van der Waals surface area contributed by atoms with Gasteiger partial charge in [0.1, 0.15) is 22.1 Å². The van der Waals surface area contributed by atoms with E-state index in [0.29, 0.717) is 5.56 Å². The number of anilines is 3. The van der Waals surface area contributed by atoms with E-state index in [1.807, 2.05) is 0 Å². The molecule has 42 heavy (non-hydrogen) atoms. The van der Waals surface area contributed by atoms with E-state index in [4.69, 9.17) is 5.11 Å². The summed E-state index contributed by atoms with van der Waals surface area (Å²) in [4.78, 5) is 22.1. The van der Waals surface area contributed by atoms with Crippen LogP contribution in [0.1, 0.15) is 17.8 Å². The first-order valence-electron chi connectivity index (χ1n) is 11.8. The molecule has 0 saturated heterocycles. The van der Waals surface area contributed by atoms with E-state index in [0.717, 1.165) is 12.1 Å². The van der Waals surface area contributed by atoms with Crippen molar-refractivity contribution in [1.29, 1.82) is 0 Å². The van der Waals surface area contributed by atoms with Crippen LogP contribution in [0.15, 0.2) is 62.5 Å². The molecule has 1 aromatic heterocycles. The first-order valence-corrected chi connectivity index (χ1v) is 14.7. The van der Waals surface area contributed by atoms with Gasteiger partial charge in [-0.15, -0.1) is 10.2 Å². The predicted octanol–water partition coefficient (Wildman–Crippen LogP) is 3.89. The van der Waals surface area contributed by atoms with Gasteiger partial charge in [0, 0.05) is 11.9 Å². The molecule has 0 fully saturated rings. The molecule has 0 bridgehead atoms. The van der Waals surface area contributed by atoms with E-state index >= 15 is 0 Å². The summed E-state index contributed by atoms with van der Waals surface area (Å²) in [5.74, 6) is -1.43. The number of carbonyl (C=O) groups is 1. The number of azo groups is 1. The maximum absolute atomic E-state index is 12.0. The highest BCUT2D eigenvalue weighted by Crippen LogP contribution is 2.42. The number of phenols is 1. The van der Waals surface area contributed by atoms with E-state index in [1.54, 1.807) is 13.0 Å². The van der Waals surface area contributed by atoms with Crippen LogP contribution in [0.25, 0.3) is 10.8 Å². The number of aryl methyl sites for hydroxylation is 2. The maximum Gasteiger partial charge on any atom is 0.305 e. The predicted molar refractivity (Wildman–Crippen MR) is 149 cm³/mol. The summed E-state index contributed by atoms with van der Waals surface area (Å²) in [6.07, 6.45) is -0.214. The van der Waals surface area contributed by atoms with Crippen LogP contribution in [0.3, 0.4) is 0 Å². The fourth-order valence-electron chi connectivity index (χ4n) is 3.77. The van der Waals surface area contributed by atoms with Gasteiger partial charge in [-0.3, -0.25) is 13.9 Å². The van der Waals surface area contributed by atoms with Crippen LogP contribution in [0.2, 0.25) is 0 Å². The minimum atomic E-state index is -4.70. The topological polar surface area (TPSA) is 254 Å². The lowest BCUT2D eigenvalue weighted by atomic mass is 10.1. The molecule has 16 nitrogen and oxygen atoms in total. The van der Waals surface area contributed by atoms with Crippen LogP contribution in [0.5, 0.6) is 5.75 Å². The number of aromatic nitrogens is 3. The third-order valence-corrected chi connectivity index (χ3v) is 7.33. The number of carboxylic acid groups (broad SMARTS) is 1. The molecule has 0 aliphatic heterocycles. The molecule has 1 heterocycles. The van der Waals surface area contributed by atoms with Crippen molar-refractivity contribution in [3.8, 4) is 5.75 Å². The normalized spacial score (nSPS) is 12.1. The lowest BCUT2D eigenvalue weighted by Gasteiger charge is -2.14. The summed E-state index contributed by atoms with van der Waals surface area (Å²) in [6, 6.07) is 8.83. The minimum Gasteiger partial charge on any atom is -0.505 e. The van der Waals surface area contributed by atoms with E-state index in [2.05, 4.69) is 35.8 Å². The Morgan fingerprint density at radius 3 is 2.21 bits per heavy atom. The van der Waals surface area contributed by atoms with Crippen molar-refractivity contribution < 1.29 is 40.9 Å². The highest BCUT2D eigenvalue weighted by molar-refractivity contribution is 7.86. The Morgan fingerprint density at radius 1 is 0.881 bits per heavy atom. The van der Waals surface area contributed by atoms with Gasteiger partial charge < -0.3 is 20.8 Å². The van der Waals surface area contributed by atoms with E-state index in [-0.39, 0.29) is 58.5 Å². The second-order valence-corrected chi connectivity index (χ2v) is 11.7. The molecule has 4 rings (SSSR count). The fourth-order valence-corrected chi connectivity index (χ4v) is 5.02. The van der Waals surface area contributed by atoms with Gasteiger partial charge in [0.15, 0.2) is 5.75 Å². The standard InChI is InChI=1S/C24H23N7O9S2/c1-12-3-5-16(19(9-12)42(38,39)40)30-31-17-6-4-14-10-15(41(35,36)37)11-18(21(14)22(17)34)28-24-27-13(2)26-23(29-24)25-8-7-20(32)33/h3-6,9-11,34H,7-8H2,1-2H3,(H,32,33)(H,35,36,37)(H,38,39,40)(H2,25,26,27,28,29). The molecular formula is C24H23N7O9S2. The highest BCUT2D eigenvalue weighted by atomic mass is 32.2. The van der Waals surface area contributed by atoms with Gasteiger partial charge in [0.05, 0.1) is 17.0 Å². The van der Waals surface area contributed by atoms with Gasteiger partial charge in [0.2, 0.25) is 11.9 Å². The van der Waals surface area contributed by atoms with Gasteiger partial charge in [-0.25, -0.2) is 0 Å². The largest absolute Gasteiger partial charge is 0.505 e. The number of rotatable bonds is 10. The van der Waals surface area contributed by atoms with Crippen molar-refractivity contribution in [2.75, 3.05) is 17.2 Å². The molecule has 0 aliphatic rings. The Labute approximate surface area is 238 Å². The number of carboxylic acids is 1. The summed E-state index contributed by atoms with van der Waals surface area (Å²) < 4.78 is 66.8. The fraction of sp³-hybridized carbons (Fsp3) is 0.167. The van der Waals surface area contributed by atoms with Gasteiger partial charge >= 0.3 is 5.97 Å². The zero-order valence-corrected chi connectivity index (χ0v) is 23.5. The summed E-state index contributed by atoms with van der Waals surface area (Å²) in [5.41, 5.74) is 0.0983. The lowest BCUT2D eigenvalue weighted by molar-refractivity contribution is -0.136. The molecule has 0 spiro atoms. The third-order valence-electron chi connectivity index (χ3n) is 5.61. The zero-order chi connectivity index (χ0) is 30.8. The first-order chi connectivity index (χ1) is 19.6. The van der Waals surface area contributed by atoms with Gasteiger partial charge in [0.25, 0.3) is 20.2 Å². The van der Waals surface area contributed by atoms with Crippen molar-refractivity contribution in [2.45, 2.75) is 30.1 Å². The molecule has 6 N–H and O–H groups in total. The first kappa shape index (κ1) is 30.2. The summed E-state index contributed by atoms with van der Waals surface area (Å²) >= 11 is 0. The molecular weight excluding hydrogens is 594 g/mol. The van der Waals surface area contributed by atoms with Crippen molar-refractivity contribution in [1.82, 2.24) is 15.0 Å². The number of nitrogens with one attached hydrogen (secondary N) is 2. The smallest absolute Gasteiger partial charge is 0.305 e. The minimum absolute atomic E-state index is 0.00876. The SMILES string of the molecule is Cc1ccc(N=Nc2ccc3cc(S(=O)(=O)O)cc(Nc4nc(C)nc(NCCC(=O)O)n4)c3c2O)c(S(=O)(=O)O)c1. The average Bonchev–Trinajstić information content (AvgIpc) is 2.87.